The van der Waals surface area contributed by atoms with Crippen molar-refractivity contribution in [2.24, 2.45) is 0 Å². The van der Waals surface area contributed by atoms with Crippen LogP contribution >= 0.6 is 0 Å². The summed E-state index contributed by atoms with van der Waals surface area (Å²) in [4.78, 5) is 35.1. The fourth-order valence-electron chi connectivity index (χ4n) is 1.61. The molecule has 1 aromatic carbocycles. The molecule has 0 aliphatic carbocycles. The van der Waals surface area contributed by atoms with E-state index in [1.54, 1.807) is 0 Å². The highest BCUT2D eigenvalue weighted by Crippen LogP contribution is 2.09. The highest BCUT2D eigenvalue weighted by molar-refractivity contribution is 5.94. The van der Waals surface area contributed by atoms with Crippen LogP contribution in [0.2, 0.25) is 0 Å². The van der Waals surface area contributed by atoms with Crippen LogP contribution in [-0.2, 0) is 14.3 Å². The summed E-state index contributed by atoms with van der Waals surface area (Å²) in [6.07, 6.45) is -0.910. The molecule has 120 valence electrons. The highest BCUT2D eigenvalue weighted by atomic mass is 16.5. The average molecular weight is 307 g/mol. The Kier molecular flexibility index (Phi) is 5.68. The van der Waals surface area contributed by atoms with Gasteiger partial charge in [-0.3, -0.25) is 4.79 Å². The van der Waals surface area contributed by atoms with Crippen molar-refractivity contribution in [3.63, 3.8) is 0 Å². The summed E-state index contributed by atoms with van der Waals surface area (Å²) < 4.78 is 9.67. The molecule has 0 saturated heterocycles. The molecular weight excluding hydrogens is 286 g/mol. The molecule has 22 heavy (non-hydrogen) atoms. The number of benzene rings is 1. The van der Waals surface area contributed by atoms with Gasteiger partial charge in [0.1, 0.15) is 0 Å². The number of carbonyl (C=O) groups is 3. The fourth-order valence-corrected chi connectivity index (χ4v) is 1.61. The Labute approximate surface area is 129 Å². The zero-order valence-electron chi connectivity index (χ0n) is 13.4. The Balaban J connectivity index is 2.69. The number of rotatable bonds is 4. The molecule has 0 aromatic heterocycles. The fraction of sp³-hybridized carbons (Fsp3) is 0.438. The third kappa shape index (κ3) is 5.20. The molecule has 0 heterocycles. The van der Waals surface area contributed by atoms with Gasteiger partial charge in [0, 0.05) is 5.54 Å². The first kappa shape index (κ1) is 17.7. The highest BCUT2D eigenvalue weighted by Gasteiger charge is 2.23. The zero-order chi connectivity index (χ0) is 16.9. The van der Waals surface area contributed by atoms with Gasteiger partial charge < -0.3 is 14.8 Å². The van der Waals surface area contributed by atoms with Crippen LogP contribution in [0.25, 0.3) is 0 Å². The summed E-state index contributed by atoms with van der Waals surface area (Å²) in [7, 11) is 1.28. The molecule has 0 aliphatic rings. The van der Waals surface area contributed by atoms with Gasteiger partial charge in [0.05, 0.1) is 18.2 Å². The number of carbonyl (C=O) groups excluding carboxylic acids is 3. The second-order valence-electron chi connectivity index (χ2n) is 5.86. The van der Waals surface area contributed by atoms with Gasteiger partial charge >= 0.3 is 11.9 Å². The van der Waals surface area contributed by atoms with Crippen molar-refractivity contribution >= 4 is 17.8 Å². The third-order valence-electron chi connectivity index (χ3n) is 2.69. The number of amides is 1. The molecule has 1 atom stereocenters. The zero-order valence-corrected chi connectivity index (χ0v) is 13.4. The lowest BCUT2D eigenvalue weighted by Gasteiger charge is -2.23. The normalized spacial score (nSPS) is 12.2. The van der Waals surface area contributed by atoms with Gasteiger partial charge in [-0.05, 0) is 52.0 Å². The molecule has 0 radical (unpaired) electrons. The van der Waals surface area contributed by atoms with E-state index < -0.39 is 23.6 Å². The van der Waals surface area contributed by atoms with Gasteiger partial charge in [-0.2, -0.15) is 0 Å². The maximum Gasteiger partial charge on any atom is 0.338 e. The van der Waals surface area contributed by atoms with E-state index in [1.807, 2.05) is 20.8 Å². The van der Waals surface area contributed by atoms with E-state index in [2.05, 4.69) is 10.1 Å². The van der Waals surface area contributed by atoms with E-state index in [-0.39, 0.29) is 11.5 Å². The number of hydrogen-bond donors (Lipinski definition) is 1. The molecule has 1 unspecified atom stereocenters. The summed E-state index contributed by atoms with van der Waals surface area (Å²) in [5, 5.41) is 2.73. The van der Waals surface area contributed by atoms with Crippen LogP contribution in [-0.4, -0.2) is 36.6 Å². The molecule has 1 N–H and O–H groups in total. The number of ether oxygens (including phenoxy) is 2. The van der Waals surface area contributed by atoms with Gasteiger partial charge in [-0.15, -0.1) is 0 Å². The lowest BCUT2D eigenvalue weighted by molar-refractivity contribution is -0.130. The molecule has 0 saturated carbocycles. The van der Waals surface area contributed by atoms with Crippen molar-refractivity contribution in [2.45, 2.75) is 39.3 Å². The lowest BCUT2D eigenvalue weighted by atomic mass is 10.1. The van der Waals surface area contributed by atoms with E-state index in [4.69, 9.17) is 4.74 Å². The first-order valence-electron chi connectivity index (χ1n) is 6.85. The smallest absolute Gasteiger partial charge is 0.338 e. The second-order valence-corrected chi connectivity index (χ2v) is 5.86. The van der Waals surface area contributed by atoms with Crippen LogP contribution < -0.4 is 5.32 Å². The minimum absolute atomic E-state index is 0.253. The molecule has 0 aliphatic heterocycles. The van der Waals surface area contributed by atoms with E-state index in [0.717, 1.165) is 0 Å². The summed E-state index contributed by atoms with van der Waals surface area (Å²) in [5.74, 6) is -1.49. The monoisotopic (exact) mass is 307 g/mol. The lowest BCUT2D eigenvalue weighted by Crippen LogP contribution is -2.46. The summed E-state index contributed by atoms with van der Waals surface area (Å²) in [5.41, 5.74) is 0.181. The quantitative estimate of drug-likeness (QED) is 0.860. The number of nitrogens with one attached hydrogen (secondary N) is 1. The predicted octanol–water partition coefficient (Wildman–Crippen LogP) is 1.93. The molecule has 0 fully saturated rings. The molecule has 1 rings (SSSR count). The van der Waals surface area contributed by atoms with Gasteiger partial charge in [0.2, 0.25) is 0 Å². The van der Waals surface area contributed by atoms with Crippen LogP contribution in [0.3, 0.4) is 0 Å². The minimum Gasteiger partial charge on any atom is -0.465 e. The Morgan fingerprint density at radius 1 is 1.00 bits per heavy atom. The summed E-state index contributed by atoms with van der Waals surface area (Å²) in [6.45, 7) is 7.02. The van der Waals surface area contributed by atoms with Crippen LogP contribution in [0.4, 0.5) is 0 Å². The van der Waals surface area contributed by atoms with Gasteiger partial charge in [-0.1, -0.05) is 0 Å². The topological polar surface area (TPSA) is 81.7 Å². The van der Waals surface area contributed by atoms with E-state index >= 15 is 0 Å². The summed E-state index contributed by atoms with van der Waals surface area (Å²) >= 11 is 0. The molecule has 1 amide bonds. The van der Waals surface area contributed by atoms with E-state index in [0.29, 0.717) is 5.56 Å². The maximum absolute atomic E-state index is 12.0. The largest absolute Gasteiger partial charge is 0.465 e. The SMILES string of the molecule is COC(=O)c1ccc(C(=O)OC(C)C(=O)NC(C)(C)C)cc1. The first-order chi connectivity index (χ1) is 10.1. The molecule has 6 heteroatoms. The van der Waals surface area contributed by atoms with E-state index in [1.165, 1.54) is 38.3 Å². The Morgan fingerprint density at radius 2 is 1.45 bits per heavy atom. The molecule has 0 spiro atoms. The van der Waals surface area contributed by atoms with Crippen LogP contribution in [0.15, 0.2) is 24.3 Å². The number of esters is 2. The van der Waals surface area contributed by atoms with Crippen molar-refractivity contribution in [1.29, 1.82) is 0 Å². The predicted molar refractivity (Wildman–Crippen MR) is 80.6 cm³/mol. The molecule has 0 bridgehead atoms. The minimum atomic E-state index is -0.910. The molecule has 1 aromatic rings. The Morgan fingerprint density at radius 3 is 1.86 bits per heavy atom. The van der Waals surface area contributed by atoms with Crippen molar-refractivity contribution in [2.75, 3.05) is 7.11 Å². The van der Waals surface area contributed by atoms with Crippen molar-refractivity contribution < 1.29 is 23.9 Å². The Hall–Kier alpha value is -2.37. The standard InChI is InChI=1S/C16H21NO5/c1-10(13(18)17-16(2,3)4)22-15(20)12-8-6-11(7-9-12)14(19)21-5/h6-10H,1-5H3,(H,17,18). The molecule has 6 nitrogen and oxygen atoms in total. The van der Waals surface area contributed by atoms with Crippen LogP contribution in [0.1, 0.15) is 48.4 Å². The van der Waals surface area contributed by atoms with Crippen LogP contribution in [0.5, 0.6) is 0 Å². The van der Waals surface area contributed by atoms with E-state index in [9.17, 15) is 14.4 Å². The van der Waals surface area contributed by atoms with Crippen molar-refractivity contribution in [1.82, 2.24) is 5.32 Å². The number of methoxy groups -OCH3 is 1. The average Bonchev–Trinajstić information content (AvgIpc) is 2.44. The third-order valence-corrected chi connectivity index (χ3v) is 2.69. The Bertz CT molecular complexity index is 557. The van der Waals surface area contributed by atoms with Crippen molar-refractivity contribution in [3.8, 4) is 0 Å². The van der Waals surface area contributed by atoms with Crippen LogP contribution in [0, 0.1) is 0 Å². The van der Waals surface area contributed by atoms with Gasteiger partial charge in [0.25, 0.3) is 5.91 Å². The van der Waals surface area contributed by atoms with Crippen molar-refractivity contribution in [3.05, 3.63) is 35.4 Å². The molecular formula is C16H21NO5. The number of hydrogen-bond acceptors (Lipinski definition) is 5. The summed E-state index contributed by atoms with van der Waals surface area (Å²) in [6, 6.07) is 5.82. The van der Waals surface area contributed by atoms with Gasteiger partial charge in [0.15, 0.2) is 6.10 Å². The van der Waals surface area contributed by atoms with Gasteiger partial charge in [-0.25, -0.2) is 9.59 Å². The maximum atomic E-state index is 12.0. The second kappa shape index (κ2) is 7.06. The first-order valence-corrected chi connectivity index (χ1v) is 6.85.